The van der Waals surface area contributed by atoms with Gasteiger partial charge in [-0.25, -0.2) is 4.79 Å². The summed E-state index contributed by atoms with van der Waals surface area (Å²) in [7, 11) is 0. The van der Waals surface area contributed by atoms with Crippen LogP contribution in [0, 0.1) is 6.92 Å². The molecule has 0 saturated carbocycles. The van der Waals surface area contributed by atoms with E-state index in [1.165, 1.54) is 0 Å². The van der Waals surface area contributed by atoms with Gasteiger partial charge < -0.3 is 4.74 Å². The predicted octanol–water partition coefficient (Wildman–Crippen LogP) is 3.03. The minimum atomic E-state index is -0.486. The second-order valence-electron chi connectivity index (χ2n) is 3.88. The van der Waals surface area contributed by atoms with Crippen molar-refractivity contribution in [3.8, 4) is 0 Å². The summed E-state index contributed by atoms with van der Waals surface area (Å²) in [5.74, 6) is -0.287. The molecule has 0 radical (unpaired) electrons. The molecule has 1 rings (SSSR count). The second-order valence-corrected chi connectivity index (χ2v) is 4.32. The van der Waals surface area contributed by atoms with Crippen LogP contribution >= 0.6 is 11.6 Å². The van der Waals surface area contributed by atoms with Crippen LogP contribution in [0.25, 0.3) is 0 Å². The molecule has 3 nitrogen and oxygen atoms in total. The van der Waals surface area contributed by atoms with E-state index in [2.05, 4.69) is 11.9 Å². The summed E-state index contributed by atoms with van der Waals surface area (Å²) in [6, 6.07) is 4.96. The van der Waals surface area contributed by atoms with Gasteiger partial charge in [0.25, 0.3) is 0 Å². The van der Waals surface area contributed by atoms with Gasteiger partial charge in [0.15, 0.2) is 0 Å². The Morgan fingerprint density at radius 2 is 2.33 bits per heavy atom. The number of benzene rings is 1. The molecule has 18 heavy (non-hydrogen) atoms. The first-order valence-electron chi connectivity index (χ1n) is 5.87. The number of carbonyl (C=O) groups excluding carboxylic acids is 1. The molecule has 0 aliphatic rings. The Morgan fingerprint density at radius 3 is 2.89 bits per heavy atom. The zero-order chi connectivity index (χ0) is 13.5. The van der Waals surface area contributed by atoms with Crippen molar-refractivity contribution < 1.29 is 9.53 Å². The van der Waals surface area contributed by atoms with Crippen molar-refractivity contribution in [3.63, 3.8) is 0 Å². The number of carbonyl (C=O) groups is 1. The molecule has 98 valence electrons. The maximum absolute atomic E-state index is 11.9. The summed E-state index contributed by atoms with van der Waals surface area (Å²) in [6.07, 6.45) is 1.71. The number of esters is 1. The maximum Gasteiger partial charge on any atom is 0.327 e. The number of hydrogen-bond donors (Lipinski definition) is 1. The number of ether oxygens (including phenoxy) is 1. The molecule has 0 aliphatic heterocycles. The van der Waals surface area contributed by atoms with Gasteiger partial charge in [-0.2, -0.15) is 0 Å². The monoisotopic (exact) mass is 267 g/mol. The highest BCUT2D eigenvalue weighted by Gasteiger charge is 2.22. The fourth-order valence-electron chi connectivity index (χ4n) is 1.71. The van der Waals surface area contributed by atoms with E-state index in [4.69, 9.17) is 16.3 Å². The zero-order valence-electron chi connectivity index (χ0n) is 10.7. The van der Waals surface area contributed by atoms with E-state index in [-0.39, 0.29) is 5.97 Å². The van der Waals surface area contributed by atoms with Gasteiger partial charge in [-0.15, -0.1) is 6.58 Å². The van der Waals surface area contributed by atoms with E-state index in [1.807, 2.05) is 19.1 Å². The number of halogens is 1. The maximum atomic E-state index is 11.9. The quantitative estimate of drug-likeness (QED) is 0.636. The topological polar surface area (TPSA) is 38.3 Å². The molecule has 1 N–H and O–H groups in total. The Bertz CT molecular complexity index is 432. The molecule has 4 heteroatoms. The van der Waals surface area contributed by atoms with E-state index >= 15 is 0 Å². The van der Waals surface area contributed by atoms with Crippen LogP contribution in [0.5, 0.6) is 0 Å². The summed E-state index contributed by atoms with van der Waals surface area (Å²) < 4.78 is 5.07. The molecule has 0 aromatic heterocycles. The molecule has 1 unspecified atom stereocenters. The van der Waals surface area contributed by atoms with Crippen molar-refractivity contribution in [2.24, 2.45) is 0 Å². The Labute approximate surface area is 113 Å². The molecule has 1 atom stereocenters. The van der Waals surface area contributed by atoms with Gasteiger partial charge in [-0.3, -0.25) is 5.32 Å². The Hall–Kier alpha value is -1.32. The molecule has 1 aromatic rings. The predicted molar refractivity (Wildman–Crippen MR) is 73.8 cm³/mol. The number of rotatable bonds is 6. The molecule has 0 saturated heterocycles. The number of aryl methyl sites for hydroxylation is 1. The van der Waals surface area contributed by atoms with Gasteiger partial charge in [-0.1, -0.05) is 23.7 Å². The van der Waals surface area contributed by atoms with Gasteiger partial charge in [-0.05, 0) is 37.1 Å². The highest BCUT2D eigenvalue weighted by Crippen LogP contribution is 2.22. The van der Waals surface area contributed by atoms with Crippen LogP contribution in [0.15, 0.2) is 30.9 Å². The van der Waals surface area contributed by atoms with Crippen LogP contribution in [-0.2, 0) is 9.53 Å². The zero-order valence-corrected chi connectivity index (χ0v) is 11.5. The fraction of sp³-hybridized carbons (Fsp3) is 0.357. The first-order valence-corrected chi connectivity index (χ1v) is 6.25. The van der Waals surface area contributed by atoms with Crippen LogP contribution in [0.1, 0.15) is 24.1 Å². The minimum Gasteiger partial charge on any atom is -0.465 e. The minimum absolute atomic E-state index is 0.287. The van der Waals surface area contributed by atoms with E-state index in [0.29, 0.717) is 18.2 Å². The SMILES string of the molecule is C=CCNC(C(=O)OCC)c1ccc(Cl)cc1C. The van der Waals surface area contributed by atoms with Crippen LogP contribution < -0.4 is 5.32 Å². The van der Waals surface area contributed by atoms with Gasteiger partial charge in [0.05, 0.1) is 6.61 Å². The lowest BCUT2D eigenvalue weighted by Crippen LogP contribution is -2.31. The second kappa shape index (κ2) is 7.19. The van der Waals surface area contributed by atoms with Gasteiger partial charge in [0, 0.05) is 11.6 Å². The van der Waals surface area contributed by atoms with E-state index in [9.17, 15) is 4.79 Å². The molecule has 0 bridgehead atoms. The van der Waals surface area contributed by atoms with E-state index in [1.54, 1.807) is 19.1 Å². The Kier molecular flexibility index (Phi) is 5.89. The molecule has 0 spiro atoms. The molecule has 0 heterocycles. The number of nitrogens with one attached hydrogen (secondary N) is 1. The Balaban J connectivity index is 3.00. The normalized spacial score (nSPS) is 11.9. The third kappa shape index (κ3) is 3.86. The number of hydrogen-bond acceptors (Lipinski definition) is 3. The van der Waals surface area contributed by atoms with Gasteiger partial charge in [0.2, 0.25) is 0 Å². The van der Waals surface area contributed by atoms with Crippen LogP contribution in [-0.4, -0.2) is 19.1 Å². The van der Waals surface area contributed by atoms with Crippen LogP contribution in [0.3, 0.4) is 0 Å². The highest BCUT2D eigenvalue weighted by molar-refractivity contribution is 6.30. The molecule has 0 aliphatic carbocycles. The molecule has 0 fully saturated rings. The lowest BCUT2D eigenvalue weighted by Gasteiger charge is -2.18. The molecule has 0 amide bonds. The van der Waals surface area contributed by atoms with Gasteiger partial charge >= 0.3 is 5.97 Å². The van der Waals surface area contributed by atoms with Crippen molar-refractivity contribution in [1.82, 2.24) is 5.32 Å². The first-order chi connectivity index (χ1) is 8.60. The fourth-order valence-corrected chi connectivity index (χ4v) is 1.94. The van der Waals surface area contributed by atoms with E-state index in [0.717, 1.165) is 11.1 Å². The summed E-state index contributed by atoms with van der Waals surface area (Å²) >= 11 is 5.91. The van der Waals surface area contributed by atoms with Crippen LogP contribution in [0.4, 0.5) is 0 Å². The first kappa shape index (κ1) is 14.7. The highest BCUT2D eigenvalue weighted by atomic mass is 35.5. The summed E-state index contributed by atoms with van der Waals surface area (Å²) in [4.78, 5) is 11.9. The third-order valence-electron chi connectivity index (χ3n) is 2.53. The van der Waals surface area contributed by atoms with Crippen LogP contribution in [0.2, 0.25) is 5.02 Å². The average Bonchev–Trinajstić information content (AvgIpc) is 2.32. The van der Waals surface area contributed by atoms with Crippen molar-refractivity contribution in [2.75, 3.05) is 13.2 Å². The van der Waals surface area contributed by atoms with Crippen molar-refractivity contribution >= 4 is 17.6 Å². The largest absolute Gasteiger partial charge is 0.465 e. The smallest absolute Gasteiger partial charge is 0.327 e. The Morgan fingerprint density at radius 1 is 1.61 bits per heavy atom. The van der Waals surface area contributed by atoms with E-state index < -0.39 is 6.04 Å². The van der Waals surface area contributed by atoms with Crippen molar-refractivity contribution in [1.29, 1.82) is 0 Å². The van der Waals surface area contributed by atoms with Gasteiger partial charge in [0.1, 0.15) is 6.04 Å². The summed E-state index contributed by atoms with van der Waals surface area (Å²) in [5.41, 5.74) is 1.83. The lowest BCUT2D eigenvalue weighted by atomic mass is 10.0. The average molecular weight is 268 g/mol. The summed E-state index contributed by atoms with van der Waals surface area (Å²) in [5, 5.41) is 3.75. The third-order valence-corrected chi connectivity index (χ3v) is 2.77. The molecule has 1 aromatic carbocycles. The molecular weight excluding hydrogens is 250 g/mol. The molecular formula is C14H18ClNO2. The van der Waals surface area contributed by atoms with Crippen molar-refractivity contribution in [3.05, 3.63) is 47.0 Å². The standard InChI is InChI=1S/C14H18ClNO2/c1-4-8-16-13(14(17)18-5-2)12-7-6-11(15)9-10(12)3/h4,6-7,9,13,16H,1,5,8H2,2-3H3. The lowest BCUT2D eigenvalue weighted by molar-refractivity contribution is -0.145. The summed E-state index contributed by atoms with van der Waals surface area (Å²) in [6.45, 7) is 8.23. The van der Waals surface area contributed by atoms with Crippen molar-refractivity contribution in [2.45, 2.75) is 19.9 Å².